The van der Waals surface area contributed by atoms with Gasteiger partial charge in [-0.2, -0.15) is 13.9 Å². The van der Waals surface area contributed by atoms with Crippen LogP contribution in [0.3, 0.4) is 0 Å². The number of carbonyl (C=O) groups is 1. The minimum atomic E-state index is -2.86. The molecule has 0 aliphatic rings. The van der Waals surface area contributed by atoms with Crippen LogP contribution in [0.2, 0.25) is 0 Å². The third kappa shape index (κ3) is 5.37. The van der Waals surface area contributed by atoms with Gasteiger partial charge in [-0.25, -0.2) is 5.43 Å². The Morgan fingerprint density at radius 3 is 2.04 bits per heavy atom. The van der Waals surface area contributed by atoms with Gasteiger partial charge in [-0.3, -0.25) is 4.79 Å². The summed E-state index contributed by atoms with van der Waals surface area (Å²) >= 11 is 0. The molecule has 2 rings (SSSR count). The summed E-state index contributed by atoms with van der Waals surface area (Å²) in [6, 6.07) is 13.4. The van der Waals surface area contributed by atoms with Crippen LogP contribution in [0.4, 0.5) is 8.78 Å². The molecule has 0 aromatic heterocycles. The Kier molecular flexibility index (Phi) is 6.08. The highest BCUT2D eigenvalue weighted by Gasteiger charge is 2.14. The molecule has 1 amide bonds. The van der Waals surface area contributed by atoms with Crippen LogP contribution in [0.25, 0.3) is 0 Å². The first kappa shape index (κ1) is 19.6. The Balaban J connectivity index is 2.02. The smallest absolute Gasteiger partial charge is 0.387 e. The second kappa shape index (κ2) is 8.08. The summed E-state index contributed by atoms with van der Waals surface area (Å²) in [6.07, 6.45) is 0. The number of hydrogen-bond acceptors (Lipinski definition) is 3. The Bertz CT molecular complexity index is 777. The summed E-state index contributed by atoms with van der Waals surface area (Å²) < 4.78 is 28.6. The lowest BCUT2D eigenvalue weighted by Crippen LogP contribution is -2.20. The molecular weight excluding hydrogens is 338 g/mol. The first-order valence-corrected chi connectivity index (χ1v) is 8.17. The number of ether oxygens (including phenoxy) is 1. The number of alkyl halides is 2. The molecule has 138 valence electrons. The number of benzene rings is 2. The van der Waals surface area contributed by atoms with Crippen LogP contribution in [-0.4, -0.2) is 18.2 Å². The molecule has 0 radical (unpaired) electrons. The summed E-state index contributed by atoms with van der Waals surface area (Å²) in [7, 11) is 0. The van der Waals surface area contributed by atoms with Crippen molar-refractivity contribution >= 4 is 11.6 Å². The number of carbonyl (C=O) groups excluding carboxylic acids is 1. The second-order valence-corrected chi connectivity index (χ2v) is 6.87. The van der Waals surface area contributed by atoms with E-state index in [1.807, 2.05) is 12.1 Å². The van der Waals surface area contributed by atoms with Gasteiger partial charge in [0, 0.05) is 5.56 Å². The summed E-state index contributed by atoms with van der Waals surface area (Å²) in [4.78, 5) is 12.2. The van der Waals surface area contributed by atoms with Crippen molar-refractivity contribution in [2.24, 2.45) is 5.10 Å². The molecule has 6 heteroatoms. The maximum absolute atomic E-state index is 12.2. The highest BCUT2D eigenvalue weighted by molar-refractivity contribution is 6.00. The van der Waals surface area contributed by atoms with E-state index in [0.717, 1.165) is 5.56 Å². The summed E-state index contributed by atoms with van der Waals surface area (Å²) in [5.41, 5.74) is 5.41. The first-order valence-electron chi connectivity index (χ1n) is 8.17. The molecule has 0 heterocycles. The fourth-order valence-corrected chi connectivity index (χ4v) is 2.26. The van der Waals surface area contributed by atoms with E-state index in [-0.39, 0.29) is 17.1 Å². The molecule has 1 N–H and O–H groups in total. The van der Waals surface area contributed by atoms with E-state index in [1.165, 1.54) is 12.1 Å². The SMILES string of the molecule is CC(=NNC(=O)c1ccc(C(C)(C)C)cc1)c1ccc(OC(F)F)cc1. The van der Waals surface area contributed by atoms with E-state index in [2.05, 4.69) is 36.0 Å². The van der Waals surface area contributed by atoms with Crippen molar-refractivity contribution < 1.29 is 18.3 Å². The van der Waals surface area contributed by atoms with Gasteiger partial charge in [-0.05, 0) is 59.9 Å². The number of rotatable bonds is 5. The van der Waals surface area contributed by atoms with Crippen molar-refractivity contribution in [3.8, 4) is 5.75 Å². The molecule has 0 fully saturated rings. The molecule has 0 aliphatic heterocycles. The molecule has 0 spiro atoms. The zero-order chi connectivity index (χ0) is 19.3. The van der Waals surface area contributed by atoms with E-state index in [1.54, 1.807) is 31.2 Å². The Morgan fingerprint density at radius 1 is 1.00 bits per heavy atom. The molecular formula is C20H22F2N2O2. The van der Waals surface area contributed by atoms with Crippen molar-refractivity contribution in [1.82, 2.24) is 5.43 Å². The van der Waals surface area contributed by atoms with E-state index >= 15 is 0 Å². The Hall–Kier alpha value is -2.76. The van der Waals surface area contributed by atoms with Gasteiger partial charge < -0.3 is 4.74 Å². The van der Waals surface area contributed by atoms with Crippen LogP contribution >= 0.6 is 0 Å². The van der Waals surface area contributed by atoms with Crippen LogP contribution in [0.15, 0.2) is 53.6 Å². The topological polar surface area (TPSA) is 50.7 Å². The summed E-state index contributed by atoms with van der Waals surface area (Å²) in [6.45, 7) is 5.17. The van der Waals surface area contributed by atoms with Crippen LogP contribution in [0.5, 0.6) is 5.75 Å². The Morgan fingerprint density at radius 2 is 1.54 bits per heavy atom. The Labute approximate surface area is 151 Å². The standard InChI is InChI=1S/C20H22F2N2O2/c1-13(14-7-11-17(12-8-14)26-19(21)22)23-24-18(25)15-5-9-16(10-6-15)20(2,3)4/h5-12,19H,1-4H3,(H,24,25). The number of nitrogens with zero attached hydrogens (tertiary/aromatic N) is 1. The lowest BCUT2D eigenvalue weighted by atomic mass is 9.87. The van der Waals surface area contributed by atoms with E-state index in [9.17, 15) is 13.6 Å². The van der Waals surface area contributed by atoms with E-state index in [0.29, 0.717) is 16.8 Å². The normalized spacial score (nSPS) is 12.2. The van der Waals surface area contributed by atoms with Crippen LogP contribution in [0.1, 0.15) is 49.2 Å². The lowest BCUT2D eigenvalue weighted by molar-refractivity contribution is -0.0498. The van der Waals surface area contributed by atoms with Gasteiger partial charge in [0.05, 0.1) is 5.71 Å². The third-order valence-corrected chi connectivity index (χ3v) is 3.84. The lowest BCUT2D eigenvalue weighted by Gasteiger charge is -2.18. The van der Waals surface area contributed by atoms with Crippen molar-refractivity contribution in [3.05, 3.63) is 65.2 Å². The quantitative estimate of drug-likeness (QED) is 0.618. The van der Waals surface area contributed by atoms with Crippen molar-refractivity contribution in [2.75, 3.05) is 0 Å². The highest BCUT2D eigenvalue weighted by atomic mass is 19.3. The average molecular weight is 360 g/mol. The van der Waals surface area contributed by atoms with Gasteiger partial charge in [-0.15, -0.1) is 0 Å². The number of halogens is 2. The molecule has 2 aromatic carbocycles. The van der Waals surface area contributed by atoms with Crippen LogP contribution < -0.4 is 10.2 Å². The van der Waals surface area contributed by atoms with Crippen molar-refractivity contribution in [1.29, 1.82) is 0 Å². The predicted molar refractivity (Wildman–Crippen MR) is 97.9 cm³/mol. The van der Waals surface area contributed by atoms with Gasteiger partial charge in [0.1, 0.15) is 5.75 Å². The average Bonchev–Trinajstić information content (AvgIpc) is 2.59. The minimum absolute atomic E-state index is 0.0178. The maximum Gasteiger partial charge on any atom is 0.387 e. The fraction of sp³-hybridized carbons (Fsp3) is 0.300. The molecule has 0 saturated heterocycles. The zero-order valence-electron chi connectivity index (χ0n) is 15.2. The number of amides is 1. The fourth-order valence-electron chi connectivity index (χ4n) is 2.26. The van der Waals surface area contributed by atoms with Crippen molar-refractivity contribution in [2.45, 2.75) is 39.7 Å². The van der Waals surface area contributed by atoms with Gasteiger partial charge in [-0.1, -0.05) is 32.9 Å². The number of nitrogens with one attached hydrogen (secondary N) is 1. The van der Waals surface area contributed by atoms with E-state index < -0.39 is 6.61 Å². The summed E-state index contributed by atoms with van der Waals surface area (Å²) in [5, 5.41) is 4.06. The molecule has 0 unspecified atom stereocenters. The molecule has 4 nitrogen and oxygen atoms in total. The molecule has 0 aliphatic carbocycles. The highest BCUT2D eigenvalue weighted by Crippen LogP contribution is 2.22. The summed E-state index contributed by atoms with van der Waals surface area (Å²) in [5.74, 6) is -0.248. The third-order valence-electron chi connectivity index (χ3n) is 3.84. The van der Waals surface area contributed by atoms with Gasteiger partial charge in [0.25, 0.3) is 5.91 Å². The first-order chi connectivity index (χ1) is 12.2. The molecule has 0 atom stereocenters. The van der Waals surface area contributed by atoms with Gasteiger partial charge >= 0.3 is 6.61 Å². The molecule has 2 aromatic rings. The van der Waals surface area contributed by atoms with Gasteiger partial charge in [0.15, 0.2) is 0 Å². The van der Waals surface area contributed by atoms with E-state index in [4.69, 9.17) is 0 Å². The predicted octanol–water partition coefficient (Wildman–Crippen LogP) is 4.74. The molecule has 0 bridgehead atoms. The monoisotopic (exact) mass is 360 g/mol. The second-order valence-electron chi connectivity index (χ2n) is 6.87. The largest absolute Gasteiger partial charge is 0.435 e. The minimum Gasteiger partial charge on any atom is -0.435 e. The van der Waals surface area contributed by atoms with Crippen LogP contribution in [0, 0.1) is 0 Å². The van der Waals surface area contributed by atoms with Crippen LogP contribution in [-0.2, 0) is 5.41 Å². The van der Waals surface area contributed by atoms with Gasteiger partial charge in [0.2, 0.25) is 0 Å². The maximum atomic E-state index is 12.2. The number of hydrogen-bond donors (Lipinski definition) is 1. The number of hydrazone groups is 1. The molecule has 0 saturated carbocycles. The zero-order valence-corrected chi connectivity index (χ0v) is 15.2. The molecule has 26 heavy (non-hydrogen) atoms. The van der Waals surface area contributed by atoms with Crippen molar-refractivity contribution in [3.63, 3.8) is 0 Å².